The molecular formula is C24H31F2N3O5. The second-order valence-electron chi connectivity index (χ2n) is 8.79. The summed E-state index contributed by atoms with van der Waals surface area (Å²) in [6, 6.07) is 2.84. The minimum absolute atomic E-state index is 0.0527. The van der Waals surface area contributed by atoms with Crippen molar-refractivity contribution in [3.05, 3.63) is 35.4 Å². The molecule has 2 aliphatic heterocycles. The second-order valence-corrected chi connectivity index (χ2v) is 8.79. The Bertz CT molecular complexity index is 925. The average molecular weight is 480 g/mol. The molecular weight excluding hydrogens is 448 g/mol. The summed E-state index contributed by atoms with van der Waals surface area (Å²) in [5, 5.41) is 0. The van der Waals surface area contributed by atoms with Gasteiger partial charge >= 0.3 is 5.97 Å². The van der Waals surface area contributed by atoms with Gasteiger partial charge in [-0.2, -0.15) is 0 Å². The van der Waals surface area contributed by atoms with Crippen molar-refractivity contribution < 1.29 is 32.7 Å². The van der Waals surface area contributed by atoms with Gasteiger partial charge in [-0.05, 0) is 44.7 Å². The fourth-order valence-electron chi connectivity index (χ4n) is 4.48. The fraction of sp³-hybridized carbons (Fsp3) is 0.583. The molecule has 0 radical (unpaired) electrons. The van der Waals surface area contributed by atoms with Crippen molar-refractivity contribution in [1.82, 2.24) is 14.7 Å². The van der Waals surface area contributed by atoms with Crippen molar-refractivity contribution in [3.63, 3.8) is 0 Å². The summed E-state index contributed by atoms with van der Waals surface area (Å²) in [4.78, 5) is 54.4. The minimum atomic E-state index is -0.910. The zero-order chi connectivity index (χ0) is 24.8. The lowest BCUT2D eigenvalue weighted by atomic mass is 9.94. The van der Waals surface area contributed by atoms with E-state index in [0.29, 0.717) is 51.4 Å². The minimum Gasteiger partial charge on any atom is -0.466 e. The highest BCUT2D eigenvalue weighted by Crippen LogP contribution is 2.23. The molecule has 1 aromatic carbocycles. The Kier molecular flexibility index (Phi) is 8.57. The predicted octanol–water partition coefficient (Wildman–Crippen LogP) is 2.08. The lowest BCUT2D eigenvalue weighted by Gasteiger charge is -2.34. The molecule has 0 spiro atoms. The Morgan fingerprint density at radius 2 is 1.56 bits per heavy atom. The van der Waals surface area contributed by atoms with Gasteiger partial charge in [0.15, 0.2) is 0 Å². The van der Waals surface area contributed by atoms with Gasteiger partial charge in [0, 0.05) is 45.2 Å². The van der Waals surface area contributed by atoms with E-state index in [-0.39, 0.29) is 54.8 Å². The van der Waals surface area contributed by atoms with Crippen molar-refractivity contribution in [2.24, 2.45) is 11.8 Å². The normalized spacial score (nSPS) is 17.4. The smallest absolute Gasteiger partial charge is 0.309 e. The van der Waals surface area contributed by atoms with E-state index in [0.717, 1.165) is 12.1 Å². The van der Waals surface area contributed by atoms with Crippen LogP contribution in [0.2, 0.25) is 0 Å². The van der Waals surface area contributed by atoms with E-state index in [1.807, 2.05) is 0 Å². The first-order valence-corrected chi connectivity index (χ1v) is 11.6. The fourth-order valence-corrected chi connectivity index (χ4v) is 4.48. The number of rotatable bonds is 6. The van der Waals surface area contributed by atoms with Gasteiger partial charge in [-0.25, -0.2) is 8.78 Å². The Morgan fingerprint density at radius 3 is 2.15 bits per heavy atom. The largest absolute Gasteiger partial charge is 0.466 e. The molecule has 186 valence electrons. The molecule has 0 bridgehead atoms. The summed E-state index contributed by atoms with van der Waals surface area (Å²) in [6.07, 6.45) is 1.89. The van der Waals surface area contributed by atoms with Crippen molar-refractivity contribution in [1.29, 1.82) is 0 Å². The van der Waals surface area contributed by atoms with Crippen LogP contribution in [-0.2, 0) is 19.1 Å². The Morgan fingerprint density at radius 1 is 0.971 bits per heavy atom. The van der Waals surface area contributed by atoms with Gasteiger partial charge in [0.05, 0.1) is 24.6 Å². The van der Waals surface area contributed by atoms with Crippen molar-refractivity contribution >= 4 is 23.7 Å². The molecule has 8 nitrogen and oxygen atoms in total. The van der Waals surface area contributed by atoms with Gasteiger partial charge in [-0.1, -0.05) is 0 Å². The van der Waals surface area contributed by atoms with Crippen molar-refractivity contribution in [3.8, 4) is 0 Å². The Labute approximate surface area is 197 Å². The molecule has 1 aromatic rings. The van der Waals surface area contributed by atoms with Gasteiger partial charge < -0.3 is 19.4 Å². The van der Waals surface area contributed by atoms with Crippen LogP contribution in [0.1, 0.15) is 43.0 Å². The van der Waals surface area contributed by atoms with Crippen molar-refractivity contribution in [2.75, 3.05) is 46.4 Å². The molecule has 2 aliphatic rings. The van der Waals surface area contributed by atoms with E-state index in [1.54, 1.807) is 18.9 Å². The number of esters is 1. The summed E-state index contributed by atoms with van der Waals surface area (Å²) >= 11 is 0. The highest BCUT2D eigenvalue weighted by atomic mass is 19.1. The lowest BCUT2D eigenvalue weighted by molar-refractivity contribution is -0.151. The third-order valence-electron chi connectivity index (χ3n) is 6.51. The molecule has 2 fully saturated rings. The zero-order valence-electron chi connectivity index (χ0n) is 19.6. The maximum atomic E-state index is 13.9. The standard InChI is InChI=1S/C24H31F2N3O5/c1-3-34-24(33)17-8-10-28(11-9-17)21(30)15-27(2)22(31)16-6-12-29(13-7-16)23(32)19-5-4-18(25)14-20(19)26/h4-5,14,16-17H,3,6-13,15H2,1-2H3. The number of carbonyl (C=O) groups is 4. The molecule has 0 unspecified atom stereocenters. The molecule has 2 heterocycles. The Balaban J connectivity index is 1.45. The first-order valence-electron chi connectivity index (χ1n) is 11.6. The van der Waals surface area contributed by atoms with Crippen LogP contribution < -0.4 is 0 Å². The van der Waals surface area contributed by atoms with Gasteiger partial charge in [-0.15, -0.1) is 0 Å². The summed E-state index contributed by atoms with van der Waals surface area (Å²) in [5.41, 5.74) is -0.194. The summed E-state index contributed by atoms with van der Waals surface area (Å²) in [6.45, 7) is 3.49. The topological polar surface area (TPSA) is 87.2 Å². The highest BCUT2D eigenvalue weighted by Gasteiger charge is 2.33. The average Bonchev–Trinajstić information content (AvgIpc) is 2.83. The van der Waals surface area contributed by atoms with Crippen LogP contribution in [0, 0.1) is 23.5 Å². The number of likely N-dealkylation sites (tertiary alicyclic amines) is 2. The van der Waals surface area contributed by atoms with E-state index in [2.05, 4.69) is 0 Å². The molecule has 0 saturated carbocycles. The monoisotopic (exact) mass is 479 g/mol. The third-order valence-corrected chi connectivity index (χ3v) is 6.51. The van der Waals surface area contributed by atoms with Crippen LogP contribution in [0.15, 0.2) is 18.2 Å². The molecule has 0 atom stereocenters. The number of benzene rings is 1. The van der Waals surface area contributed by atoms with Crippen LogP contribution in [0.3, 0.4) is 0 Å². The van der Waals surface area contributed by atoms with E-state index in [4.69, 9.17) is 4.74 Å². The quantitative estimate of drug-likeness (QED) is 0.583. The van der Waals surface area contributed by atoms with Crippen LogP contribution in [0.25, 0.3) is 0 Å². The second kappa shape index (κ2) is 11.4. The predicted molar refractivity (Wildman–Crippen MR) is 119 cm³/mol. The maximum absolute atomic E-state index is 13.9. The van der Waals surface area contributed by atoms with Gasteiger partial charge in [0.1, 0.15) is 11.6 Å². The number of amides is 3. The lowest BCUT2D eigenvalue weighted by Crippen LogP contribution is -2.48. The van der Waals surface area contributed by atoms with Gasteiger partial charge in [0.25, 0.3) is 5.91 Å². The van der Waals surface area contributed by atoms with E-state index in [9.17, 15) is 28.0 Å². The number of ether oxygens (including phenoxy) is 1. The highest BCUT2D eigenvalue weighted by molar-refractivity contribution is 5.94. The van der Waals surface area contributed by atoms with Crippen molar-refractivity contribution in [2.45, 2.75) is 32.6 Å². The molecule has 3 rings (SSSR count). The maximum Gasteiger partial charge on any atom is 0.309 e. The van der Waals surface area contributed by atoms with Crippen LogP contribution in [0.4, 0.5) is 8.78 Å². The first kappa shape index (κ1) is 25.6. The molecule has 0 N–H and O–H groups in total. The number of nitrogens with zero attached hydrogens (tertiary/aromatic N) is 3. The SMILES string of the molecule is CCOC(=O)C1CCN(C(=O)CN(C)C(=O)C2CCN(C(=O)c3ccc(F)cc3F)CC2)CC1. The number of carbonyl (C=O) groups excluding carboxylic acids is 4. The van der Waals surface area contributed by atoms with Crippen LogP contribution in [-0.4, -0.2) is 84.8 Å². The molecule has 10 heteroatoms. The number of hydrogen-bond acceptors (Lipinski definition) is 5. The zero-order valence-corrected chi connectivity index (χ0v) is 19.6. The molecule has 0 aromatic heterocycles. The summed E-state index contributed by atoms with van der Waals surface area (Å²) in [5.74, 6) is -3.29. The summed E-state index contributed by atoms with van der Waals surface area (Å²) in [7, 11) is 1.58. The van der Waals surface area contributed by atoms with Crippen LogP contribution >= 0.6 is 0 Å². The number of hydrogen-bond donors (Lipinski definition) is 0. The third kappa shape index (κ3) is 6.09. The van der Waals surface area contributed by atoms with E-state index >= 15 is 0 Å². The Hall–Kier alpha value is -3.04. The molecule has 3 amide bonds. The van der Waals surface area contributed by atoms with E-state index in [1.165, 1.54) is 9.80 Å². The molecule has 34 heavy (non-hydrogen) atoms. The van der Waals surface area contributed by atoms with E-state index < -0.39 is 17.5 Å². The molecule has 0 aliphatic carbocycles. The number of piperidine rings is 2. The van der Waals surface area contributed by atoms with Crippen LogP contribution in [0.5, 0.6) is 0 Å². The van der Waals surface area contributed by atoms with Gasteiger partial charge in [-0.3, -0.25) is 19.2 Å². The summed E-state index contributed by atoms with van der Waals surface area (Å²) < 4.78 is 32.1. The number of likely N-dealkylation sites (N-methyl/N-ethyl adjacent to an activating group) is 1. The van der Waals surface area contributed by atoms with Gasteiger partial charge in [0.2, 0.25) is 11.8 Å². The number of halogens is 2. The first-order chi connectivity index (χ1) is 16.2. The molecule has 2 saturated heterocycles.